The van der Waals surface area contributed by atoms with Crippen molar-refractivity contribution in [1.82, 2.24) is 5.32 Å². The van der Waals surface area contributed by atoms with E-state index in [9.17, 15) is 9.59 Å². The van der Waals surface area contributed by atoms with Crippen molar-refractivity contribution in [3.63, 3.8) is 0 Å². The standard InChI is InChI=1S/C5H9NO4/c1-4(7)6-2-3-10-5(8)9/h2-3H2,1H3,(H,6,7)(H,8,9). The Hall–Kier alpha value is -1.26. The minimum absolute atomic E-state index is 0.00505. The Balaban J connectivity index is 3.06. The van der Waals surface area contributed by atoms with Gasteiger partial charge in [-0.3, -0.25) is 4.79 Å². The van der Waals surface area contributed by atoms with Crippen LogP contribution in [0, 0.1) is 0 Å². The van der Waals surface area contributed by atoms with Crippen LogP contribution in [0.2, 0.25) is 0 Å². The van der Waals surface area contributed by atoms with Crippen molar-refractivity contribution in [2.45, 2.75) is 6.92 Å². The van der Waals surface area contributed by atoms with Crippen LogP contribution < -0.4 is 5.32 Å². The number of nitrogens with one attached hydrogen (secondary N) is 1. The lowest BCUT2D eigenvalue weighted by atomic mass is 10.6. The van der Waals surface area contributed by atoms with Crippen LogP contribution in [0.4, 0.5) is 4.79 Å². The van der Waals surface area contributed by atoms with Crippen molar-refractivity contribution >= 4 is 12.1 Å². The van der Waals surface area contributed by atoms with Gasteiger partial charge in [0, 0.05) is 6.92 Å². The molecular weight excluding hydrogens is 138 g/mol. The maximum Gasteiger partial charge on any atom is 0.505 e. The molecule has 5 nitrogen and oxygen atoms in total. The molecule has 0 aliphatic rings. The maximum absolute atomic E-state index is 10.2. The SMILES string of the molecule is CC(=O)NCCOC(=O)O. The lowest BCUT2D eigenvalue weighted by molar-refractivity contribution is -0.119. The second kappa shape index (κ2) is 4.60. The average Bonchev–Trinajstić information content (AvgIpc) is 1.79. The fourth-order valence-corrected chi connectivity index (χ4v) is 0.365. The fourth-order valence-electron chi connectivity index (χ4n) is 0.365. The van der Waals surface area contributed by atoms with Crippen LogP contribution in [0.1, 0.15) is 6.92 Å². The summed E-state index contributed by atoms with van der Waals surface area (Å²) in [7, 11) is 0. The molecular formula is C5H9NO4. The Labute approximate surface area is 58.0 Å². The van der Waals surface area contributed by atoms with E-state index in [4.69, 9.17) is 5.11 Å². The molecule has 0 bridgehead atoms. The molecule has 0 saturated heterocycles. The van der Waals surface area contributed by atoms with Crippen molar-refractivity contribution in [2.24, 2.45) is 0 Å². The smallest absolute Gasteiger partial charge is 0.450 e. The molecule has 0 radical (unpaired) electrons. The van der Waals surface area contributed by atoms with Crippen LogP contribution >= 0.6 is 0 Å². The van der Waals surface area contributed by atoms with E-state index < -0.39 is 6.16 Å². The third-order valence-corrected chi connectivity index (χ3v) is 0.702. The topological polar surface area (TPSA) is 75.6 Å². The molecule has 0 heterocycles. The van der Waals surface area contributed by atoms with E-state index in [2.05, 4.69) is 10.1 Å². The van der Waals surface area contributed by atoms with Gasteiger partial charge in [0.1, 0.15) is 6.61 Å². The number of rotatable bonds is 3. The van der Waals surface area contributed by atoms with Gasteiger partial charge in [0.15, 0.2) is 0 Å². The van der Waals surface area contributed by atoms with E-state index >= 15 is 0 Å². The van der Waals surface area contributed by atoms with Gasteiger partial charge in [-0.05, 0) is 0 Å². The van der Waals surface area contributed by atoms with E-state index in [1.165, 1.54) is 6.92 Å². The second-order valence-electron chi connectivity index (χ2n) is 1.60. The maximum atomic E-state index is 10.2. The Morgan fingerprint density at radius 1 is 1.60 bits per heavy atom. The Bertz CT molecular complexity index is 118. The molecule has 2 N–H and O–H groups in total. The van der Waals surface area contributed by atoms with Gasteiger partial charge in [0.2, 0.25) is 5.91 Å². The molecule has 58 valence electrons. The van der Waals surface area contributed by atoms with Crippen molar-refractivity contribution in [3.8, 4) is 0 Å². The molecule has 0 aliphatic heterocycles. The van der Waals surface area contributed by atoms with Crippen LogP contribution in [0.15, 0.2) is 0 Å². The summed E-state index contributed by atoms with van der Waals surface area (Å²) in [5.41, 5.74) is 0. The predicted octanol–water partition coefficient (Wildman–Crippen LogP) is -0.183. The van der Waals surface area contributed by atoms with Gasteiger partial charge in [-0.15, -0.1) is 0 Å². The number of amides is 1. The molecule has 0 aromatic carbocycles. The summed E-state index contributed by atoms with van der Waals surface area (Å²) in [5.74, 6) is -0.200. The monoisotopic (exact) mass is 147 g/mol. The Morgan fingerprint density at radius 2 is 2.20 bits per heavy atom. The molecule has 5 heteroatoms. The molecule has 0 saturated carbocycles. The number of carbonyl (C=O) groups excluding carboxylic acids is 1. The molecule has 0 atom stereocenters. The molecule has 0 aromatic heterocycles. The van der Waals surface area contributed by atoms with Crippen molar-refractivity contribution in [3.05, 3.63) is 0 Å². The third-order valence-electron chi connectivity index (χ3n) is 0.702. The summed E-state index contributed by atoms with van der Waals surface area (Å²) in [5, 5.41) is 10.3. The van der Waals surface area contributed by atoms with E-state index in [1.807, 2.05) is 0 Å². The molecule has 0 unspecified atom stereocenters. The van der Waals surface area contributed by atoms with E-state index in [0.29, 0.717) is 0 Å². The largest absolute Gasteiger partial charge is 0.505 e. The molecule has 0 aliphatic carbocycles. The zero-order valence-corrected chi connectivity index (χ0v) is 5.59. The summed E-state index contributed by atoms with van der Waals surface area (Å²) in [4.78, 5) is 19.9. The molecule has 0 rings (SSSR count). The molecule has 0 spiro atoms. The highest BCUT2D eigenvalue weighted by Crippen LogP contribution is 1.73. The van der Waals surface area contributed by atoms with E-state index in [-0.39, 0.29) is 19.1 Å². The average molecular weight is 147 g/mol. The van der Waals surface area contributed by atoms with E-state index in [0.717, 1.165) is 0 Å². The minimum Gasteiger partial charge on any atom is -0.450 e. The zero-order valence-electron chi connectivity index (χ0n) is 5.59. The highest BCUT2D eigenvalue weighted by atomic mass is 16.7. The zero-order chi connectivity index (χ0) is 7.98. The third kappa shape index (κ3) is 6.74. The Morgan fingerprint density at radius 3 is 2.60 bits per heavy atom. The second-order valence-corrected chi connectivity index (χ2v) is 1.60. The van der Waals surface area contributed by atoms with Crippen molar-refractivity contribution in [1.29, 1.82) is 0 Å². The van der Waals surface area contributed by atoms with Gasteiger partial charge in [-0.25, -0.2) is 4.79 Å². The van der Waals surface area contributed by atoms with Gasteiger partial charge in [-0.1, -0.05) is 0 Å². The predicted molar refractivity (Wildman–Crippen MR) is 32.7 cm³/mol. The first-order chi connectivity index (χ1) is 4.63. The summed E-state index contributed by atoms with van der Waals surface area (Å²) >= 11 is 0. The summed E-state index contributed by atoms with van der Waals surface area (Å²) in [6.07, 6.45) is -1.33. The molecule has 0 aromatic rings. The van der Waals surface area contributed by atoms with Crippen molar-refractivity contribution in [2.75, 3.05) is 13.2 Å². The number of carboxylic acid groups (broad SMARTS) is 1. The van der Waals surface area contributed by atoms with Gasteiger partial charge in [-0.2, -0.15) is 0 Å². The van der Waals surface area contributed by atoms with Gasteiger partial charge in [0.25, 0.3) is 0 Å². The van der Waals surface area contributed by atoms with Crippen LogP contribution in [0.25, 0.3) is 0 Å². The van der Waals surface area contributed by atoms with Gasteiger partial charge >= 0.3 is 6.16 Å². The van der Waals surface area contributed by atoms with Crippen LogP contribution in [-0.4, -0.2) is 30.3 Å². The minimum atomic E-state index is -1.33. The summed E-state index contributed by atoms with van der Waals surface area (Å²) in [6, 6.07) is 0. The number of hydrogen-bond donors (Lipinski definition) is 2. The molecule has 0 fully saturated rings. The first-order valence-electron chi connectivity index (χ1n) is 2.73. The normalized spacial score (nSPS) is 8.50. The quantitative estimate of drug-likeness (QED) is 0.428. The molecule has 1 amide bonds. The summed E-state index contributed by atoms with van der Waals surface area (Å²) in [6.45, 7) is 1.57. The van der Waals surface area contributed by atoms with Crippen LogP contribution in [0.5, 0.6) is 0 Å². The fraction of sp³-hybridized carbons (Fsp3) is 0.600. The van der Waals surface area contributed by atoms with Gasteiger partial charge in [0.05, 0.1) is 6.54 Å². The highest BCUT2D eigenvalue weighted by molar-refractivity contribution is 5.72. The number of ether oxygens (including phenoxy) is 1. The number of carbonyl (C=O) groups is 2. The highest BCUT2D eigenvalue weighted by Gasteiger charge is 1.94. The number of hydrogen-bond acceptors (Lipinski definition) is 3. The summed E-state index contributed by atoms with van der Waals surface area (Å²) < 4.78 is 4.09. The first kappa shape index (κ1) is 8.74. The van der Waals surface area contributed by atoms with Crippen molar-refractivity contribution < 1.29 is 19.4 Å². The van der Waals surface area contributed by atoms with E-state index in [1.54, 1.807) is 0 Å². The molecule has 10 heavy (non-hydrogen) atoms. The van der Waals surface area contributed by atoms with Gasteiger partial charge < -0.3 is 15.2 Å². The van der Waals surface area contributed by atoms with Crippen LogP contribution in [-0.2, 0) is 9.53 Å². The first-order valence-corrected chi connectivity index (χ1v) is 2.73. The van der Waals surface area contributed by atoms with Crippen LogP contribution in [0.3, 0.4) is 0 Å². The lowest BCUT2D eigenvalue weighted by Gasteiger charge is -1.99. The lowest BCUT2D eigenvalue weighted by Crippen LogP contribution is -2.25. The Kier molecular flexibility index (Phi) is 4.02.